The number of hydrogen-bond acceptors (Lipinski definition) is 5. The number of nitrogens with zero attached hydrogens (tertiary/aromatic N) is 3. The number of amides is 1. The first-order chi connectivity index (χ1) is 14.6. The average Bonchev–Trinajstić information content (AvgIpc) is 3.15. The molecule has 0 aliphatic rings. The molecule has 0 bridgehead atoms. The van der Waals surface area contributed by atoms with E-state index in [1.165, 1.54) is 50.3 Å². The van der Waals surface area contributed by atoms with Crippen molar-refractivity contribution in [3.63, 3.8) is 0 Å². The number of benzene rings is 2. The van der Waals surface area contributed by atoms with E-state index in [1.54, 1.807) is 29.7 Å². The van der Waals surface area contributed by atoms with Gasteiger partial charge in [-0.05, 0) is 67.6 Å². The molecule has 0 atom stereocenters. The van der Waals surface area contributed by atoms with Crippen LogP contribution in [0.5, 0.6) is 0 Å². The van der Waals surface area contributed by atoms with E-state index in [0.29, 0.717) is 16.5 Å². The lowest BCUT2D eigenvalue weighted by atomic mass is 10.1. The Bertz CT molecular complexity index is 1240. The fourth-order valence-electron chi connectivity index (χ4n) is 2.98. The number of carbonyl (C=O) groups is 1. The lowest BCUT2D eigenvalue weighted by Gasteiger charge is -2.17. The van der Waals surface area contributed by atoms with Gasteiger partial charge in [-0.2, -0.15) is 0 Å². The minimum absolute atomic E-state index is 0.0905. The summed E-state index contributed by atoms with van der Waals surface area (Å²) in [6, 6.07) is 8.77. The monoisotopic (exact) mass is 462 g/mol. The Morgan fingerprint density at radius 1 is 1.16 bits per heavy atom. The van der Waals surface area contributed by atoms with Crippen LogP contribution in [0, 0.1) is 19.7 Å². The molecule has 3 aromatic rings. The first-order valence-corrected chi connectivity index (χ1v) is 12.0. The summed E-state index contributed by atoms with van der Waals surface area (Å²) in [4.78, 5) is 17.5. The molecular weight excluding hydrogens is 439 g/mol. The molecule has 10 heteroatoms. The number of aromatic nitrogens is 2. The molecule has 0 radical (unpaired) electrons. The normalized spacial score (nSPS) is 11.7. The molecule has 0 aliphatic heterocycles. The second-order valence-electron chi connectivity index (χ2n) is 7.10. The molecule has 1 aromatic heterocycles. The van der Waals surface area contributed by atoms with Crippen LogP contribution in [0.25, 0.3) is 5.69 Å². The average molecular weight is 463 g/mol. The van der Waals surface area contributed by atoms with Gasteiger partial charge in [0, 0.05) is 25.5 Å². The highest BCUT2D eigenvalue weighted by Gasteiger charge is 2.22. The van der Waals surface area contributed by atoms with Crippen molar-refractivity contribution in [2.75, 3.05) is 25.7 Å². The predicted molar refractivity (Wildman–Crippen MR) is 120 cm³/mol. The number of sulfonamides is 1. The van der Waals surface area contributed by atoms with Crippen molar-refractivity contribution < 1.29 is 17.6 Å². The minimum Gasteiger partial charge on any atom is -0.320 e. The van der Waals surface area contributed by atoms with Crippen LogP contribution in [0.15, 0.2) is 52.6 Å². The largest absolute Gasteiger partial charge is 0.320 e. The fraction of sp³-hybridized carbons (Fsp3) is 0.238. The number of rotatable bonds is 6. The molecule has 0 saturated carbocycles. The van der Waals surface area contributed by atoms with E-state index in [2.05, 4.69) is 10.3 Å². The van der Waals surface area contributed by atoms with Gasteiger partial charge in [0.1, 0.15) is 11.5 Å². The van der Waals surface area contributed by atoms with Gasteiger partial charge in [0.15, 0.2) is 5.16 Å². The van der Waals surface area contributed by atoms with Crippen LogP contribution in [0.3, 0.4) is 0 Å². The zero-order chi connectivity index (χ0) is 22.9. The molecule has 1 heterocycles. The van der Waals surface area contributed by atoms with Gasteiger partial charge in [0.2, 0.25) is 10.0 Å². The van der Waals surface area contributed by atoms with Crippen molar-refractivity contribution in [2.24, 2.45) is 0 Å². The first-order valence-electron chi connectivity index (χ1n) is 9.29. The van der Waals surface area contributed by atoms with E-state index in [-0.39, 0.29) is 16.4 Å². The van der Waals surface area contributed by atoms with Crippen LogP contribution in [0.1, 0.15) is 21.6 Å². The topological polar surface area (TPSA) is 84.3 Å². The molecule has 0 spiro atoms. The molecule has 0 unspecified atom stereocenters. The summed E-state index contributed by atoms with van der Waals surface area (Å²) in [7, 11) is -0.764. The molecular formula is C21H23FN4O3S2. The third kappa shape index (κ3) is 4.51. The summed E-state index contributed by atoms with van der Waals surface area (Å²) in [5.74, 6) is -0.843. The highest BCUT2D eigenvalue weighted by molar-refractivity contribution is 7.98. The summed E-state index contributed by atoms with van der Waals surface area (Å²) in [5, 5.41) is 3.38. The Balaban J connectivity index is 2.04. The number of carbonyl (C=O) groups excluding carboxylic acids is 1. The zero-order valence-corrected chi connectivity index (χ0v) is 19.4. The zero-order valence-electron chi connectivity index (χ0n) is 17.8. The summed E-state index contributed by atoms with van der Waals surface area (Å²) in [6.45, 7) is 3.59. The Labute approximate surface area is 185 Å². The number of imidazole rings is 1. The molecule has 0 saturated heterocycles. The van der Waals surface area contributed by atoms with Gasteiger partial charge in [0.25, 0.3) is 5.91 Å². The van der Waals surface area contributed by atoms with Gasteiger partial charge in [-0.1, -0.05) is 11.8 Å². The molecule has 31 heavy (non-hydrogen) atoms. The standard InChI is InChI=1S/C21H23FN4O3S2/c1-13-10-17(31(28,29)25(3)4)11-18(14(13)2)24-20(27)19-12-23-21(30-5)26(19)16-8-6-15(22)7-9-16/h6-12H,1-5H3,(H,24,27). The second kappa shape index (κ2) is 8.81. The summed E-state index contributed by atoms with van der Waals surface area (Å²) >= 11 is 1.35. The number of hydrogen-bond donors (Lipinski definition) is 1. The van der Waals surface area contributed by atoms with Crippen LogP contribution in [-0.4, -0.2) is 48.5 Å². The summed E-state index contributed by atoms with van der Waals surface area (Å²) < 4.78 is 41.3. The van der Waals surface area contributed by atoms with E-state index < -0.39 is 15.9 Å². The molecule has 1 amide bonds. The SMILES string of the molecule is CSc1ncc(C(=O)Nc2cc(S(=O)(=O)N(C)C)cc(C)c2C)n1-c1ccc(F)cc1. The third-order valence-corrected chi connectivity index (χ3v) is 7.34. The lowest BCUT2D eigenvalue weighted by molar-refractivity contribution is 0.102. The van der Waals surface area contributed by atoms with Crippen molar-refractivity contribution in [2.45, 2.75) is 23.9 Å². The number of halogens is 1. The summed E-state index contributed by atoms with van der Waals surface area (Å²) in [5.41, 5.74) is 2.71. The van der Waals surface area contributed by atoms with Crippen LogP contribution in [0.4, 0.5) is 10.1 Å². The number of anilines is 1. The van der Waals surface area contributed by atoms with Crippen LogP contribution < -0.4 is 5.32 Å². The van der Waals surface area contributed by atoms with Crippen molar-refractivity contribution in [1.82, 2.24) is 13.9 Å². The molecule has 0 fully saturated rings. The molecule has 2 aromatic carbocycles. The maximum absolute atomic E-state index is 13.4. The smallest absolute Gasteiger partial charge is 0.274 e. The Kier molecular flexibility index (Phi) is 6.54. The first kappa shape index (κ1) is 23.0. The maximum atomic E-state index is 13.4. The van der Waals surface area contributed by atoms with Gasteiger partial charge >= 0.3 is 0 Å². The maximum Gasteiger partial charge on any atom is 0.274 e. The van der Waals surface area contributed by atoms with Gasteiger partial charge in [0.05, 0.1) is 11.1 Å². The number of thioether (sulfide) groups is 1. The molecule has 0 aliphatic carbocycles. The van der Waals surface area contributed by atoms with Crippen LogP contribution in [-0.2, 0) is 10.0 Å². The molecule has 7 nitrogen and oxygen atoms in total. The number of nitrogens with one attached hydrogen (secondary N) is 1. The van der Waals surface area contributed by atoms with Crippen molar-refractivity contribution in [3.8, 4) is 5.69 Å². The third-order valence-electron chi connectivity index (χ3n) is 4.90. The minimum atomic E-state index is -3.67. The van der Waals surface area contributed by atoms with Crippen molar-refractivity contribution in [1.29, 1.82) is 0 Å². The predicted octanol–water partition coefficient (Wildman–Crippen LogP) is 3.85. The molecule has 1 N–H and O–H groups in total. The Hall–Kier alpha value is -2.69. The highest BCUT2D eigenvalue weighted by atomic mass is 32.2. The van der Waals surface area contributed by atoms with Crippen LogP contribution in [0.2, 0.25) is 0 Å². The molecule has 3 rings (SSSR count). The van der Waals surface area contributed by atoms with E-state index in [0.717, 1.165) is 15.4 Å². The van der Waals surface area contributed by atoms with E-state index in [1.807, 2.05) is 13.2 Å². The quantitative estimate of drug-likeness (QED) is 0.563. The van der Waals surface area contributed by atoms with Gasteiger partial charge in [-0.3, -0.25) is 9.36 Å². The highest BCUT2D eigenvalue weighted by Crippen LogP contribution is 2.27. The Morgan fingerprint density at radius 3 is 2.39 bits per heavy atom. The summed E-state index contributed by atoms with van der Waals surface area (Å²) in [6.07, 6.45) is 3.26. The fourth-order valence-corrected chi connectivity index (χ4v) is 4.54. The number of aryl methyl sites for hydroxylation is 1. The van der Waals surface area contributed by atoms with Crippen molar-refractivity contribution >= 4 is 33.4 Å². The van der Waals surface area contributed by atoms with Gasteiger partial charge < -0.3 is 5.32 Å². The van der Waals surface area contributed by atoms with Gasteiger partial charge in [-0.15, -0.1) is 0 Å². The molecule has 164 valence electrons. The van der Waals surface area contributed by atoms with E-state index >= 15 is 0 Å². The van der Waals surface area contributed by atoms with Crippen molar-refractivity contribution in [3.05, 3.63) is 65.2 Å². The van der Waals surface area contributed by atoms with E-state index in [4.69, 9.17) is 0 Å². The van der Waals surface area contributed by atoms with Gasteiger partial charge in [-0.25, -0.2) is 22.1 Å². The van der Waals surface area contributed by atoms with Crippen LogP contribution >= 0.6 is 11.8 Å². The Morgan fingerprint density at radius 2 is 1.81 bits per heavy atom. The second-order valence-corrected chi connectivity index (χ2v) is 10.0. The van der Waals surface area contributed by atoms with E-state index in [9.17, 15) is 17.6 Å². The lowest BCUT2D eigenvalue weighted by Crippen LogP contribution is -2.23.